The van der Waals surface area contributed by atoms with E-state index in [9.17, 15) is 0 Å². The summed E-state index contributed by atoms with van der Waals surface area (Å²) in [7, 11) is 3.69. The van der Waals surface area contributed by atoms with Crippen molar-refractivity contribution >= 4 is 0 Å². The van der Waals surface area contributed by atoms with Crippen molar-refractivity contribution in [3.8, 4) is 22.8 Å². The highest BCUT2D eigenvalue weighted by atomic mass is 16.5. The molecule has 19 heavy (non-hydrogen) atoms. The average molecular weight is 253 g/mol. The van der Waals surface area contributed by atoms with E-state index in [2.05, 4.69) is 15.7 Å². The van der Waals surface area contributed by atoms with Gasteiger partial charge in [0.15, 0.2) is 0 Å². The molecule has 3 rings (SSSR count). The molecule has 0 radical (unpaired) electrons. The van der Waals surface area contributed by atoms with Gasteiger partial charge in [0.1, 0.15) is 5.75 Å². The van der Waals surface area contributed by atoms with Gasteiger partial charge in [-0.25, -0.2) is 4.68 Å². The fourth-order valence-electron chi connectivity index (χ4n) is 2.15. The summed E-state index contributed by atoms with van der Waals surface area (Å²) < 4.78 is 9.18. The first-order valence-corrected chi connectivity index (χ1v) is 6.10. The lowest BCUT2D eigenvalue weighted by atomic mass is 10.2. The molecule has 3 aromatic rings. The Hall–Kier alpha value is -2.49. The van der Waals surface area contributed by atoms with E-state index in [0.29, 0.717) is 0 Å². The number of hydrogen-bond acceptors (Lipinski definition) is 2. The fourth-order valence-corrected chi connectivity index (χ4v) is 2.15. The molecule has 0 fully saturated rings. The molecule has 0 aliphatic carbocycles. The maximum atomic E-state index is 5.17. The van der Waals surface area contributed by atoms with Crippen LogP contribution in [0.3, 0.4) is 0 Å². The molecule has 2 aromatic heterocycles. The first kappa shape index (κ1) is 11.6. The zero-order valence-electron chi connectivity index (χ0n) is 10.9. The van der Waals surface area contributed by atoms with Crippen LogP contribution in [-0.2, 0) is 7.05 Å². The molecule has 0 saturated heterocycles. The Bertz CT molecular complexity index is 679. The zero-order valence-corrected chi connectivity index (χ0v) is 10.9. The monoisotopic (exact) mass is 253 g/mol. The Kier molecular flexibility index (Phi) is 2.83. The molecular formula is C15H15N3O. The van der Waals surface area contributed by atoms with Crippen molar-refractivity contribution < 1.29 is 4.74 Å². The molecule has 0 N–H and O–H groups in total. The first-order chi connectivity index (χ1) is 9.29. The highest BCUT2D eigenvalue weighted by molar-refractivity contribution is 5.58. The molecule has 4 nitrogen and oxygen atoms in total. The van der Waals surface area contributed by atoms with Gasteiger partial charge in [-0.05, 0) is 42.5 Å². The Balaban J connectivity index is 2.06. The number of nitrogens with zero attached hydrogens (tertiary/aromatic N) is 3. The van der Waals surface area contributed by atoms with Gasteiger partial charge in [-0.15, -0.1) is 0 Å². The van der Waals surface area contributed by atoms with Gasteiger partial charge in [-0.1, -0.05) is 0 Å². The highest BCUT2D eigenvalue weighted by Crippen LogP contribution is 2.23. The number of methoxy groups -OCH3 is 1. The van der Waals surface area contributed by atoms with E-state index in [1.807, 2.05) is 60.5 Å². The summed E-state index contributed by atoms with van der Waals surface area (Å²) in [5, 5.41) is 4.40. The molecule has 0 unspecified atom stereocenters. The Labute approximate surface area is 111 Å². The molecule has 0 aliphatic rings. The number of hydrogen-bond donors (Lipinski definition) is 0. The van der Waals surface area contributed by atoms with E-state index in [-0.39, 0.29) is 0 Å². The van der Waals surface area contributed by atoms with Gasteiger partial charge in [-0.2, -0.15) is 5.10 Å². The Morgan fingerprint density at radius 3 is 2.42 bits per heavy atom. The number of rotatable bonds is 3. The minimum absolute atomic E-state index is 0.844. The number of ether oxygens (including phenoxy) is 1. The minimum Gasteiger partial charge on any atom is -0.497 e. The molecule has 96 valence electrons. The molecule has 0 amide bonds. The molecule has 1 aromatic carbocycles. The van der Waals surface area contributed by atoms with Gasteiger partial charge in [-0.3, -0.25) is 0 Å². The maximum Gasteiger partial charge on any atom is 0.119 e. The lowest BCUT2D eigenvalue weighted by Gasteiger charge is -2.09. The molecule has 2 heterocycles. The largest absolute Gasteiger partial charge is 0.497 e. The quantitative estimate of drug-likeness (QED) is 0.719. The third kappa shape index (κ3) is 2.01. The van der Waals surface area contributed by atoms with E-state index >= 15 is 0 Å². The van der Waals surface area contributed by atoms with Crippen LogP contribution in [0.1, 0.15) is 0 Å². The first-order valence-electron chi connectivity index (χ1n) is 6.10. The third-order valence-corrected chi connectivity index (χ3v) is 3.17. The molecule has 0 atom stereocenters. The summed E-state index contributed by atoms with van der Waals surface area (Å²) in [5.41, 5.74) is 3.22. The number of aromatic nitrogens is 3. The van der Waals surface area contributed by atoms with Gasteiger partial charge in [0.2, 0.25) is 0 Å². The van der Waals surface area contributed by atoms with Gasteiger partial charge in [0.25, 0.3) is 0 Å². The maximum absolute atomic E-state index is 5.17. The van der Waals surface area contributed by atoms with Crippen molar-refractivity contribution in [2.75, 3.05) is 7.11 Å². The second-order valence-electron chi connectivity index (χ2n) is 4.33. The van der Waals surface area contributed by atoms with Crippen molar-refractivity contribution in [1.29, 1.82) is 0 Å². The molecule has 4 heteroatoms. The molecular weight excluding hydrogens is 238 g/mol. The fraction of sp³-hybridized carbons (Fsp3) is 0.133. The van der Waals surface area contributed by atoms with Crippen LogP contribution in [0.5, 0.6) is 5.75 Å². The average Bonchev–Trinajstić information content (AvgIpc) is 3.07. The van der Waals surface area contributed by atoms with Crippen LogP contribution in [0.2, 0.25) is 0 Å². The minimum atomic E-state index is 0.844. The predicted molar refractivity (Wildman–Crippen MR) is 74.5 cm³/mol. The zero-order chi connectivity index (χ0) is 13.2. The van der Waals surface area contributed by atoms with Crippen molar-refractivity contribution in [1.82, 2.24) is 14.3 Å². The van der Waals surface area contributed by atoms with E-state index in [0.717, 1.165) is 22.8 Å². The predicted octanol–water partition coefficient (Wildman–Crippen LogP) is 2.89. The smallest absolute Gasteiger partial charge is 0.119 e. The van der Waals surface area contributed by atoms with Gasteiger partial charge in [0, 0.05) is 13.2 Å². The number of benzene rings is 1. The molecule has 0 aliphatic heterocycles. The summed E-state index contributed by atoms with van der Waals surface area (Å²) in [6, 6.07) is 14.0. The Morgan fingerprint density at radius 2 is 1.79 bits per heavy atom. The lowest BCUT2D eigenvalue weighted by molar-refractivity contribution is 0.414. The van der Waals surface area contributed by atoms with Crippen molar-refractivity contribution in [2.24, 2.45) is 7.05 Å². The Morgan fingerprint density at radius 1 is 1.00 bits per heavy atom. The molecule has 0 bridgehead atoms. The van der Waals surface area contributed by atoms with Crippen molar-refractivity contribution in [3.63, 3.8) is 0 Å². The van der Waals surface area contributed by atoms with Crippen LogP contribution in [0.25, 0.3) is 17.1 Å². The highest BCUT2D eigenvalue weighted by Gasteiger charge is 2.09. The lowest BCUT2D eigenvalue weighted by Crippen LogP contribution is -2.01. The second kappa shape index (κ2) is 4.65. The summed E-state index contributed by atoms with van der Waals surface area (Å²) in [5.74, 6) is 0.844. The normalized spacial score (nSPS) is 10.6. The summed E-state index contributed by atoms with van der Waals surface area (Å²) in [6.07, 6.45) is 3.84. The van der Waals surface area contributed by atoms with Crippen LogP contribution in [0.15, 0.2) is 54.9 Å². The second-order valence-corrected chi connectivity index (χ2v) is 4.33. The molecule has 0 spiro atoms. The SMILES string of the molecule is COc1ccc(-n2nccc2-c2cccn2C)cc1. The van der Waals surface area contributed by atoms with Crippen LogP contribution < -0.4 is 4.74 Å². The molecule has 0 saturated carbocycles. The standard InChI is InChI=1S/C15H15N3O/c1-17-11-3-4-14(17)15-9-10-16-18(15)12-5-7-13(19-2)8-6-12/h3-11H,1-2H3. The van der Waals surface area contributed by atoms with Crippen molar-refractivity contribution in [3.05, 3.63) is 54.9 Å². The van der Waals surface area contributed by atoms with Crippen LogP contribution >= 0.6 is 0 Å². The summed E-state index contributed by atoms with van der Waals surface area (Å²) in [4.78, 5) is 0. The van der Waals surface area contributed by atoms with Gasteiger partial charge >= 0.3 is 0 Å². The topological polar surface area (TPSA) is 32.0 Å². The number of aryl methyl sites for hydroxylation is 1. The van der Waals surface area contributed by atoms with Gasteiger partial charge in [0.05, 0.1) is 30.4 Å². The van der Waals surface area contributed by atoms with Crippen LogP contribution in [0, 0.1) is 0 Å². The van der Waals surface area contributed by atoms with Crippen molar-refractivity contribution in [2.45, 2.75) is 0 Å². The summed E-state index contributed by atoms with van der Waals surface area (Å²) in [6.45, 7) is 0. The van der Waals surface area contributed by atoms with E-state index in [4.69, 9.17) is 4.74 Å². The third-order valence-electron chi connectivity index (χ3n) is 3.17. The van der Waals surface area contributed by atoms with E-state index in [1.54, 1.807) is 7.11 Å². The summed E-state index contributed by atoms with van der Waals surface area (Å²) >= 11 is 0. The van der Waals surface area contributed by atoms with Crippen LogP contribution in [-0.4, -0.2) is 21.5 Å². The van der Waals surface area contributed by atoms with E-state index in [1.165, 1.54) is 0 Å². The van der Waals surface area contributed by atoms with Crippen LogP contribution in [0.4, 0.5) is 0 Å². The van der Waals surface area contributed by atoms with Gasteiger partial charge < -0.3 is 9.30 Å². The van der Waals surface area contributed by atoms with E-state index < -0.39 is 0 Å².